The number of hydrogen-bond acceptors (Lipinski definition) is 1. The predicted octanol–water partition coefficient (Wildman–Crippen LogP) is 4.22. The van der Waals surface area contributed by atoms with Crippen LogP contribution in [0, 0.1) is 4.77 Å². The zero-order valence-electron chi connectivity index (χ0n) is 10.5. The van der Waals surface area contributed by atoms with Crippen molar-refractivity contribution in [1.29, 1.82) is 0 Å². The van der Waals surface area contributed by atoms with Crippen LogP contribution in [0.4, 0.5) is 0 Å². The summed E-state index contributed by atoms with van der Waals surface area (Å²) in [5.74, 6) is 0.452. The number of H-pyrrole nitrogens is 1. The van der Waals surface area contributed by atoms with E-state index in [0.29, 0.717) is 5.92 Å². The first kappa shape index (κ1) is 12.1. The van der Waals surface area contributed by atoms with Crippen LogP contribution in [-0.2, 0) is 6.42 Å². The zero-order chi connectivity index (χ0) is 12.4. The van der Waals surface area contributed by atoms with Gasteiger partial charge in [-0.3, -0.25) is 4.57 Å². The molecule has 0 aliphatic carbocycles. The van der Waals surface area contributed by atoms with Gasteiger partial charge < -0.3 is 4.98 Å². The second-order valence-corrected chi connectivity index (χ2v) is 4.92. The van der Waals surface area contributed by atoms with Crippen LogP contribution < -0.4 is 0 Å². The molecule has 90 valence electrons. The Hall–Kier alpha value is -1.35. The van der Waals surface area contributed by atoms with Crippen LogP contribution in [0.25, 0.3) is 5.69 Å². The Bertz CT molecular complexity index is 564. The van der Waals surface area contributed by atoms with E-state index in [2.05, 4.69) is 54.6 Å². The lowest BCUT2D eigenvalue weighted by Crippen LogP contribution is -2.02. The van der Waals surface area contributed by atoms with Gasteiger partial charge in [0.1, 0.15) is 0 Å². The van der Waals surface area contributed by atoms with E-state index in [1.807, 2.05) is 6.20 Å². The Morgan fingerprint density at radius 1 is 1.35 bits per heavy atom. The van der Waals surface area contributed by atoms with Gasteiger partial charge in [-0.1, -0.05) is 32.9 Å². The average Bonchev–Trinajstić information content (AvgIpc) is 2.71. The highest BCUT2D eigenvalue weighted by molar-refractivity contribution is 7.71. The predicted molar refractivity (Wildman–Crippen MR) is 74.4 cm³/mol. The van der Waals surface area contributed by atoms with E-state index >= 15 is 0 Å². The molecule has 2 aromatic rings. The normalized spacial score (nSPS) is 11.1. The molecule has 0 radical (unpaired) electrons. The highest BCUT2D eigenvalue weighted by Gasteiger charge is 2.09. The molecule has 0 unspecified atom stereocenters. The third-order valence-electron chi connectivity index (χ3n) is 2.97. The number of nitrogens with one attached hydrogen (secondary N) is 1. The van der Waals surface area contributed by atoms with E-state index in [-0.39, 0.29) is 0 Å². The maximum atomic E-state index is 5.36. The molecule has 17 heavy (non-hydrogen) atoms. The lowest BCUT2D eigenvalue weighted by atomic mass is 10.1. The van der Waals surface area contributed by atoms with E-state index < -0.39 is 0 Å². The molecule has 0 saturated carbocycles. The van der Waals surface area contributed by atoms with E-state index in [1.165, 1.54) is 11.3 Å². The topological polar surface area (TPSA) is 20.7 Å². The Morgan fingerprint density at radius 2 is 2.12 bits per heavy atom. The third-order valence-corrected chi connectivity index (χ3v) is 3.27. The molecule has 2 rings (SSSR count). The van der Waals surface area contributed by atoms with Crippen LogP contribution in [0.5, 0.6) is 0 Å². The lowest BCUT2D eigenvalue weighted by molar-refractivity contribution is 0.783. The molecule has 1 aromatic carbocycles. The van der Waals surface area contributed by atoms with Crippen LogP contribution in [0.3, 0.4) is 0 Å². The fourth-order valence-corrected chi connectivity index (χ4v) is 2.26. The molecule has 0 amide bonds. The molecule has 0 aliphatic heterocycles. The number of aromatic amines is 1. The second kappa shape index (κ2) is 4.88. The number of aromatic nitrogens is 2. The molecule has 0 saturated heterocycles. The summed E-state index contributed by atoms with van der Waals surface area (Å²) < 4.78 is 2.89. The van der Waals surface area contributed by atoms with Gasteiger partial charge in [0.15, 0.2) is 4.77 Å². The Labute approximate surface area is 107 Å². The first-order valence-electron chi connectivity index (χ1n) is 6.03. The molecule has 0 fully saturated rings. The fraction of sp³-hybridized carbons (Fsp3) is 0.357. The highest BCUT2D eigenvalue weighted by Crippen LogP contribution is 2.20. The van der Waals surface area contributed by atoms with Crippen LogP contribution >= 0.6 is 12.2 Å². The van der Waals surface area contributed by atoms with Crippen molar-refractivity contribution < 1.29 is 0 Å². The summed E-state index contributed by atoms with van der Waals surface area (Å²) in [5.41, 5.74) is 3.71. The van der Waals surface area contributed by atoms with Gasteiger partial charge in [0.2, 0.25) is 0 Å². The van der Waals surface area contributed by atoms with Gasteiger partial charge in [-0.15, -0.1) is 0 Å². The summed E-state index contributed by atoms with van der Waals surface area (Å²) >= 11 is 5.36. The molecular weight excluding hydrogens is 228 g/mol. The maximum Gasteiger partial charge on any atom is 0.182 e. The smallest absolute Gasteiger partial charge is 0.182 e. The molecule has 1 heterocycles. The summed E-state index contributed by atoms with van der Waals surface area (Å²) in [7, 11) is 0. The summed E-state index contributed by atoms with van der Waals surface area (Å²) in [6, 6.07) is 8.55. The molecule has 0 bridgehead atoms. The number of benzene rings is 1. The molecule has 2 nitrogen and oxygen atoms in total. The molecule has 3 heteroatoms. The number of rotatable bonds is 3. The minimum atomic E-state index is 0.452. The molecule has 0 atom stereocenters. The number of nitrogens with zero attached hydrogens (tertiary/aromatic N) is 1. The molecular formula is C14H18N2S. The minimum absolute atomic E-state index is 0.452. The average molecular weight is 246 g/mol. The van der Waals surface area contributed by atoms with Gasteiger partial charge in [-0.25, -0.2) is 0 Å². The monoisotopic (exact) mass is 246 g/mol. The molecule has 1 N–H and O–H groups in total. The van der Waals surface area contributed by atoms with Crippen LogP contribution in [0.15, 0.2) is 30.5 Å². The van der Waals surface area contributed by atoms with Gasteiger partial charge in [0, 0.05) is 17.6 Å². The molecule has 0 aliphatic rings. The Balaban J connectivity index is 2.59. The first-order chi connectivity index (χ1) is 8.13. The van der Waals surface area contributed by atoms with Gasteiger partial charge in [-0.2, -0.15) is 0 Å². The second-order valence-electron chi connectivity index (χ2n) is 4.53. The first-order valence-corrected chi connectivity index (χ1v) is 6.44. The van der Waals surface area contributed by atoms with E-state index in [0.717, 1.165) is 16.9 Å². The third kappa shape index (κ3) is 2.34. The van der Waals surface area contributed by atoms with Crippen LogP contribution in [0.1, 0.15) is 37.9 Å². The maximum absolute atomic E-state index is 5.36. The van der Waals surface area contributed by atoms with Crippen LogP contribution in [0.2, 0.25) is 0 Å². The summed E-state index contributed by atoms with van der Waals surface area (Å²) in [4.78, 5) is 3.13. The van der Waals surface area contributed by atoms with Crippen molar-refractivity contribution in [2.24, 2.45) is 0 Å². The Morgan fingerprint density at radius 3 is 2.76 bits per heavy atom. The van der Waals surface area contributed by atoms with Gasteiger partial charge in [0.25, 0.3) is 0 Å². The van der Waals surface area contributed by atoms with Crippen molar-refractivity contribution in [3.8, 4) is 5.69 Å². The van der Waals surface area contributed by atoms with Crippen molar-refractivity contribution in [2.75, 3.05) is 0 Å². The van der Waals surface area contributed by atoms with Gasteiger partial charge in [0.05, 0.1) is 0 Å². The number of aryl methyl sites for hydroxylation is 1. The van der Waals surface area contributed by atoms with Crippen LogP contribution in [-0.4, -0.2) is 9.55 Å². The van der Waals surface area contributed by atoms with E-state index in [4.69, 9.17) is 12.2 Å². The van der Waals surface area contributed by atoms with Gasteiger partial charge in [-0.05, 0) is 42.3 Å². The van der Waals surface area contributed by atoms with Crippen molar-refractivity contribution in [3.63, 3.8) is 0 Å². The minimum Gasteiger partial charge on any atom is -0.337 e. The largest absolute Gasteiger partial charge is 0.337 e. The SMILES string of the molecule is CCc1cccc(-n2c(C(C)C)c[nH]c2=S)c1. The van der Waals surface area contributed by atoms with Gasteiger partial charge >= 0.3 is 0 Å². The fourth-order valence-electron chi connectivity index (χ4n) is 1.99. The van der Waals surface area contributed by atoms with E-state index in [9.17, 15) is 0 Å². The summed E-state index contributed by atoms with van der Waals surface area (Å²) in [5, 5.41) is 0. The molecule has 0 spiro atoms. The van der Waals surface area contributed by atoms with Crippen molar-refractivity contribution in [2.45, 2.75) is 33.1 Å². The van der Waals surface area contributed by atoms with Crippen molar-refractivity contribution >= 4 is 12.2 Å². The highest BCUT2D eigenvalue weighted by atomic mass is 32.1. The number of imidazole rings is 1. The Kier molecular flexibility index (Phi) is 3.48. The standard InChI is InChI=1S/C14H18N2S/c1-4-11-6-5-7-12(8-11)16-13(10(2)3)9-15-14(16)17/h5-10H,4H2,1-3H3,(H,15,17). The van der Waals surface area contributed by atoms with E-state index in [1.54, 1.807) is 0 Å². The van der Waals surface area contributed by atoms with Crippen molar-refractivity contribution in [3.05, 3.63) is 46.5 Å². The quantitative estimate of drug-likeness (QED) is 0.804. The zero-order valence-corrected chi connectivity index (χ0v) is 11.3. The summed E-state index contributed by atoms with van der Waals surface area (Å²) in [6.07, 6.45) is 3.05. The lowest BCUT2D eigenvalue weighted by Gasteiger charge is -2.11. The number of hydrogen-bond donors (Lipinski definition) is 1. The summed E-state index contributed by atoms with van der Waals surface area (Å²) in [6.45, 7) is 6.52. The van der Waals surface area contributed by atoms with Crippen molar-refractivity contribution in [1.82, 2.24) is 9.55 Å². The molecule has 1 aromatic heterocycles.